The molecule has 4 aromatic rings. The molecular formula is C31H29N3O6. The number of aromatic nitrogens is 1. The van der Waals surface area contributed by atoms with Crippen molar-refractivity contribution in [3.05, 3.63) is 65.9 Å². The third-order valence-corrected chi connectivity index (χ3v) is 7.45. The third kappa shape index (κ3) is 4.99. The third-order valence-electron chi connectivity index (χ3n) is 7.45. The molecule has 2 aromatic heterocycles. The van der Waals surface area contributed by atoms with Crippen LogP contribution in [0.2, 0.25) is 0 Å². The number of aliphatic hydroxyl groups is 1. The zero-order chi connectivity index (χ0) is 27.6. The number of ether oxygens (including phenoxy) is 3. The zero-order valence-electron chi connectivity index (χ0n) is 22.1. The fourth-order valence-electron chi connectivity index (χ4n) is 5.30. The molecule has 9 heteroatoms. The monoisotopic (exact) mass is 539 g/mol. The lowest BCUT2D eigenvalue weighted by molar-refractivity contribution is 0.0254. The predicted octanol–water partition coefficient (Wildman–Crippen LogP) is 4.81. The molecule has 1 amide bonds. The van der Waals surface area contributed by atoms with Gasteiger partial charge in [0.25, 0.3) is 5.91 Å². The Balaban J connectivity index is 1.31. The van der Waals surface area contributed by atoms with Crippen molar-refractivity contribution in [1.82, 2.24) is 9.88 Å². The first-order chi connectivity index (χ1) is 19.5. The summed E-state index contributed by atoms with van der Waals surface area (Å²) in [5, 5.41) is 19.7. The second kappa shape index (κ2) is 11.0. The number of fused-ring (bicyclic) bond motifs is 1. The van der Waals surface area contributed by atoms with Gasteiger partial charge >= 0.3 is 0 Å². The minimum absolute atomic E-state index is 0.0329. The van der Waals surface area contributed by atoms with E-state index in [1.54, 1.807) is 36.4 Å². The molecule has 2 aliphatic rings. The molecule has 1 N–H and O–H groups in total. The average Bonchev–Trinajstić information content (AvgIpc) is 3.63. The van der Waals surface area contributed by atoms with Gasteiger partial charge in [-0.25, -0.2) is 0 Å². The number of benzene rings is 2. The number of furan rings is 1. The molecular weight excluding hydrogens is 510 g/mol. The van der Waals surface area contributed by atoms with Gasteiger partial charge < -0.3 is 28.6 Å². The highest BCUT2D eigenvalue weighted by Gasteiger charge is 2.26. The van der Waals surface area contributed by atoms with Crippen molar-refractivity contribution in [2.45, 2.75) is 31.5 Å². The Kier molecular flexibility index (Phi) is 7.11. The molecule has 6 rings (SSSR count). The smallest absolute Gasteiger partial charge is 0.254 e. The standard InChI is InChI=1S/C31H29N3O6/c1-37-28-15-20(31(36)34-11-7-22(35)18-34)2-4-25(28)29-16-26-30(40-29)24(6-10-33-26)19-3-5-27(21(14-19)17-32)39-23-8-12-38-13-9-23/h2-6,10,14-16,22-23,35H,7-9,11-13,18H2,1H3. The number of β-amino-alcohol motifs (C(OH)–C–C–N with tert-alkyl or cyclic N) is 1. The maximum Gasteiger partial charge on any atom is 0.254 e. The molecule has 2 saturated heterocycles. The molecule has 2 aliphatic heterocycles. The molecule has 0 spiro atoms. The van der Waals surface area contributed by atoms with Gasteiger partial charge in [0.2, 0.25) is 0 Å². The molecule has 0 radical (unpaired) electrons. The summed E-state index contributed by atoms with van der Waals surface area (Å²) in [6.07, 6.45) is 3.43. The van der Waals surface area contributed by atoms with Gasteiger partial charge in [0.05, 0.1) is 37.6 Å². The molecule has 2 aromatic carbocycles. The second-order valence-electron chi connectivity index (χ2n) is 10.0. The Morgan fingerprint density at radius 1 is 1.07 bits per heavy atom. The zero-order valence-corrected chi connectivity index (χ0v) is 22.1. The van der Waals surface area contributed by atoms with Gasteiger partial charge in [0.1, 0.15) is 34.9 Å². The SMILES string of the molecule is COc1cc(C(=O)N2CCC(O)C2)ccc1-c1cc2nccc(-c3ccc(OC4CCOCC4)c(C#N)c3)c2o1. The van der Waals surface area contributed by atoms with E-state index in [4.69, 9.17) is 18.6 Å². The van der Waals surface area contributed by atoms with Crippen molar-refractivity contribution in [3.8, 4) is 40.0 Å². The Morgan fingerprint density at radius 2 is 1.93 bits per heavy atom. The van der Waals surface area contributed by atoms with Crippen molar-refractivity contribution in [2.75, 3.05) is 33.4 Å². The van der Waals surface area contributed by atoms with Crippen LogP contribution in [0, 0.1) is 11.3 Å². The Bertz CT molecular complexity index is 1600. The van der Waals surface area contributed by atoms with Gasteiger partial charge in [-0.1, -0.05) is 6.07 Å². The lowest BCUT2D eigenvalue weighted by Crippen LogP contribution is -2.29. The number of carbonyl (C=O) groups excluding carboxylic acids is 1. The quantitative estimate of drug-likeness (QED) is 0.371. The van der Waals surface area contributed by atoms with Crippen LogP contribution < -0.4 is 9.47 Å². The maximum absolute atomic E-state index is 12.9. The van der Waals surface area contributed by atoms with Crippen LogP contribution in [-0.4, -0.2) is 66.5 Å². The summed E-state index contributed by atoms with van der Waals surface area (Å²) in [5.74, 6) is 1.45. The van der Waals surface area contributed by atoms with Crippen LogP contribution in [0.4, 0.5) is 0 Å². The molecule has 0 aliphatic carbocycles. The summed E-state index contributed by atoms with van der Waals surface area (Å²) in [7, 11) is 1.55. The van der Waals surface area contributed by atoms with E-state index in [2.05, 4.69) is 11.1 Å². The number of methoxy groups -OCH3 is 1. The number of aliphatic hydroxyl groups excluding tert-OH is 1. The van der Waals surface area contributed by atoms with E-state index >= 15 is 0 Å². The van der Waals surface area contributed by atoms with Crippen LogP contribution in [-0.2, 0) is 4.74 Å². The minimum atomic E-state index is -0.484. The van der Waals surface area contributed by atoms with E-state index in [9.17, 15) is 15.2 Å². The molecule has 0 bridgehead atoms. The topological polar surface area (TPSA) is 118 Å². The number of hydrogen-bond acceptors (Lipinski definition) is 8. The van der Waals surface area contributed by atoms with Gasteiger partial charge in [-0.15, -0.1) is 0 Å². The summed E-state index contributed by atoms with van der Waals surface area (Å²) in [4.78, 5) is 19.1. The highest BCUT2D eigenvalue weighted by atomic mass is 16.5. The van der Waals surface area contributed by atoms with Gasteiger partial charge in [0, 0.05) is 49.3 Å². The highest BCUT2D eigenvalue weighted by molar-refractivity contribution is 5.97. The molecule has 1 atom stereocenters. The minimum Gasteiger partial charge on any atom is -0.496 e. The molecule has 4 heterocycles. The number of carbonyl (C=O) groups is 1. The van der Waals surface area contributed by atoms with E-state index < -0.39 is 6.10 Å². The van der Waals surface area contributed by atoms with Crippen molar-refractivity contribution in [3.63, 3.8) is 0 Å². The lowest BCUT2D eigenvalue weighted by Gasteiger charge is -2.23. The van der Waals surface area contributed by atoms with Crippen LogP contribution in [0.5, 0.6) is 11.5 Å². The molecule has 9 nitrogen and oxygen atoms in total. The summed E-state index contributed by atoms with van der Waals surface area (Å²) in [6, 6.07) is 16.7. The molecule has 1 unspecified atom stereocenters. The van der Waals surface area contributed by atoms with Crippen molar-refractivity contribution < 1.29 is 28.5 Å². The normalized spacial score (nSPS) is 17.6. The van der Waals surface area contributed by atoms with Gasteiger partial charge in [0.15, 0.2) is 5.58 Å². The number of hydrogen-bond donors (Lipinski definition) is 1. The Hall–Kier alpha value is -4.39. The number of amides is 1. The lowest BCUT2D eigenvalue weighted by atomic mass is 10.0. The summed E-state index contributed by atoms with van der Waals surface area (Å²) < 4.78 is 23.5. The summed E-state index contributed by atoms with van der Waals surface area (Å²) >= 11 is 0. The van der Waals surface area contributed by atoms with E-state index in [1.165, 1.54) is 0 Å². The van der Waals surface area contributed by atoms with E-state index in [-0.39, 0.29) is 12.0 Å². The second-order valence-corrected chi connectivity index (χ2v) is 10.0. The van der Waals surface area contributed by atoms with Gasteiger partial charge in [-0.3, -0.25) is 9.78 Å². The predicted molar refractivity (Wildman–Crippen MR) is 147 cm³/mol. The van der Waals surface area contributed by atoms with Gasteiger partial charge in [-0.05, 0) is 48.4 Å². The Morgan fingerprint density at radius 3 is 2.67 bits per heavy atom. The van der Waals surface area contributed by atoms with E-state index in [0.717, 1.165) is 24.0 Å². The highest BCUT2D eigenvalue weighted by Crippen LogP contribution is 2.38. The number of rotatable bonds is 6. The van der Waals surface area contributed by atoms with E-state index in [0.29, 0.717) is 77.8 Å². The fourth-order valence-corrected chi connectivity index (χ4v) is 5.30. The average molecular weight is 540 g/mol. The fraction of sp³-hybridized carbons (Fsp3) is 0.323. The number of pyridine rings is 1. The summed E-state index contributed by atoms with van der Waals surface area (Å²) in [6.45, 7) is 2.18. The number of likely N-dealkylation sites (tertiary alicyclic amines) is 1. The maximum atomic E-state index is 12.9. The molecule has 40 heavy (non-hydrogen) atoms. The van der Waals surface area contributed by atoms with Crippen LogP contribution in [0.15, 0.2) is 59.1 Å². The molecule has 204 valence electrons. The van der Waals surface area contributed by atoms with Crippen molar-refractivity contribution >= 4 is 17.0 Å². The van der Waals surface area contributed by atoms with E-state index in [1.807, 2.05) is 30.3 Å². The first-order valence-electron chi connectivity index (χ1n) is 13.4. The number of nitriles is 1. The first kappa shape index (κ1) is 25.9. The van der Waals surface area contributed by atoms with Crippen LogP contribution in [0.1, 0.15) is 35.2 Å². The van der Waals surface area contributed by atoms with Crippen LogP contribution in [0.3, 0.4) is 0 Å². The number of nitrogens with zero attached hydrogens (tertiary/aromatic N) is 3. The largest absolute Gasteiger partial charge is 0.496 e. The van der Waals surface area contributed by atoms with Gasteiger partial charge in [-0.2, -0.15) is 5.26 Å². The first-order valence-corrected chi connectivity index (χ1v) is 13.4. The van der Waals surface area contributed by atoms with Crippen LogP contribution in [0.25, 0.3) is 33.6 Å². The summed E-state index contributed by atoms with van der Waals surface area (Å²) in [5.41, 5.74) is 4.45. The van der Waals surface area contributed by atoms with Crippen molar-refractivity contribution in [2.24, 2.45) is 0 Å². The Labute approximate surface area is 231 Å². The molecule has 2 fully saturated rings. The van der Waals surface area contributed by atoms with Crippen LogP contribution >= 0.6 is 0 Å². The van der Waals surface area contributed by atoms with Crippen molar-refractivity contribution in [1.29, 1.82) is 5.26 Å². The molecule has 0 saturated carbocycles.